The molecule has 1 aromatic rings. The number of ether oxygens (including phenoxy) is 2. The second kappa shape index (κ2) is 9.96. The zero-order valence-corrected chi connectivity index (χ0v) is 12.4. The summed E-state index contributed by atoms with van der Waals surface area (Å²) in [6, 6.07) is 8.42. The van der Waals surface area contributed by atoms with Gasteiger partial charge < -0.3 is 14.8 Å². The largest absolute Gasteiger partial charge is 0.379 e. The third-order valence-electron chi connectivity index (χ3n) is 3.04. The Hall–Kier alpha value is -0.900. The van der Waals surface area contributed by atoms with Gasteiger partial charge in [-0.05, 0) is 37.9 Å². The molecule has 0 bridgehead atoms. The highest BCUT2D eigenvalue weighted by molar-refractivity contribution is 5.28. The first-order valence-electron chi connectivity index (χ1n) is 7.25. The van der Waals surface area contributed by atoms with E-state index in [0.717, 1.165) is 26.1 Å². The van der Waals surface area contributed by atoms with Crippen LogP contribution in [-0.4, -0.2) is 32.9 Å². The van der Waals surface area contributed by atoms with Crippen LogP contribution in [0.4, 0.5) is 0 Å². The van der Waals surface area contributed by atoms with E-state index in [9.17, 15) is 0 Å². The van der Waals surface area contributed by atoms with Crippen LogP contribution >= 0.6 is 0 Å². The lowest BCUT2D eigenvalue weighted by atomic mass is 10.0. The van der Waals surface area contributed by atoms with Crippen molar-refractivity contribution in [2.45, 2.75) is 33.3 Å². The average molecular weight is 265 g/mol. The number of hydrogen-bond acceptors (Lipinski definition) is 3. The minimum Gasteiger partial charge on any atom is -0.379 e. The van der Waals surface area contributed by atoms with Crippen LogP contribution in [0.1, 0.15) is 37.5 Å². The molecule has 1 unspecified atom stereocenters. The zero-order valence-electron chi connectivity index (χ0n) is 12.4. The van der Waals surface area contributed by atoms with Crippen LogP contribution in [0, 0.1) is 6.92 Å². The van der Waals surface area contributed by atoms with E-state index in [4.69, 9.17) is 9.47 Å². The molecular formula is C16H27NO2. The van der Waals surface area contributed by atoms with Gasteiger partial charge in [-0.1, -0.05) is 31.2 Å². The Morgan fingerprint density at radius 1 is 1.16 bits per heavy atom. The second-order valence-corrected chi connectivity index (χ2v) is 4.62. The molecule has 0 saturated carbocycles. The summed E-state index contributed by atoms with van der Waals surface area (Å²) in [5.41, 5.74) is 2.55. The van der Waals surface area contributed by atoms with Gasteiger partial charge in [0.1, 0.15) is 0 Å². The molecule has 108 valence electrons. The van der Waals surface area contributed by atoms with E-state index in [1.54, 1.807) is 0 Å². The maximum Gasteiger partial charge on any atom is 0.0952 e. The Labute approximate surface area is 117 Å². The highest BCUT2D eigenvalue weighted by Gasteiger charge is 2.13. The maximum atomic E-state index is 5.97. The van der Waals surface area contributed by atoms with Gasteiger partial charge in [-0.15, -0.1) is 0 Å². The van der Waals surface area contributed by atoms with Gasteiger partial charge in [0.05, 0.1) is 19.3 Å². The molecule has 1 atom stereocenters. The normalized spacial score (nSPS) is 12.6. The molecule has 0 spiro atoms. The van der Waals surface area contributed by atoms with Gasteiger partial charge in [0.2, 0.25) is 0 Å². The zero-order chi connectivity index (χ0) is 13.9. The van der Waals surface area contributed by atoms with Crippen LogP contribution in [0.3, 0.4) is 0 Å². The molecule has 0 aliphatic carbocycles. The van der Waals surface area contributed by atoms with E-state index in [1.165, 1.54) is 11.1 Å². The molecule has 0 fully saturated rings. The molecule has 3 heteroatoms. The van der Waals surface area contributed by atoms with Gasteiger partial charge in [0.25, 0.3) is 0 Å². The Kier molecular flexibility index (Phi) is 8.47. The number of hydrogen-bond donors (Lipinski definition) is 1. The van der Waals surface area contributed by atoms with Gasteiger partial charge in [-0.2, -0.15) is 0 Å². The van der Waals surface area contributed by atoms with Crippen molar-refractivity contribution < 1.29 is 9.47 Å². The molecule has 1 aromatic carbocycles. The summed E-state index contributed by atoms with van der Waals surface area (Å²) in [7, 11) is 0. The highest BCUT2D eigenvalue weighted by atomic mass is 16.5. The van der Waals surface area contributed by atoms with Crippen molar-refractivity contribution >= 4 is 0 Å². The van der Waals surface area contributed by atoms with Gasteiger partial charge in [0.15, 0.2) is 0 Å². The van der Waals surface area contributed by atoms with Crippen LogP contribution in [0.5, 0.6) is 0 Å². The molecular weight excluding hydrogens is 238 g/mol. The number of aryl methyl sites for hydroxylation is 1. The monoisotopic (exact) mass is 265 g/mol. The van der Waals surface area contributed by atoms with Gasteiger partial charge in [-0.25, -0.2) is 0 Å². The summed E-state index contributed by atoms with van der Waals surface area (Å²) in [5, 5.41) is 3.44. The predicted octanol–water partition coefficient (Wildman–Crippen LogP) is 3.09. The van der Waals surface area contributed by atoms with E-state index in [2.05, 4.69) is 43.4 Å². The minimum absolute atomic E-state index is 0.105. The maximum absolute atomic E-state index is 5.97. The molecule has 0 radical (unpaired) electrons. The van der Waals surface area contributed by atoms with Crippen LogP contribution in [-0.2, 0) is 9.47 Å². The van der Waals surface area contributed by atoms with Crippen molar-refractivity contribution in [2.24, 2.45) is 0 Å². The van der Waals surface area contributed by atoms with Gasteiger partial charge in [-0.3, -0.25) is 0 Å². The molecule has 0 amide bonds. The average Bonchev–Trinajstić information content (AvgIpc) is 2.42. The first-order chi connectivity index (χ1) is 9.29. The van der Waals surface area contributed by atoms with Crippen molar-refractivity contribution in [3.05, 3.63) is 35.4 Å². The van der Waals surface area contributed by atoms with Gasteiger partial charge in [0, 0.05) is 13.2 Å². The van der Waals surface area contributed by atoms with Gasteiger partial charge >= 0.3 is 0 Å². The van der Waals surface area contributed by atoms with E-state index in [1.807, 2.05) is 6.92 Å². The summed E-state index contributed by atoms with van der Waals surface area (Å²) in [4.78, 5) is 0. The lowest BCUT2D eigenvalue weighted by Crippen LogP contribution is -2.25. The topological polar surface area (TPSA) is 30.5 Å². The van der Waals surface area contributed by atoms with Crippen molar-refractivity contribution in [3.63, 3.8) is 0 Å². The van der Waals surface area contributed by atoms with Crippen LogP contribution in [0.2, 0.25) is 0 Å². The number of nitrogens with one attached hydrogen (secondary N) is 1. The summed E-state index contributed by atoms with van der Waals surface area (Å²) in [6.07, 6.45) is 1.24. The molecule has 3 nitrogen and oxygen atoms in total. The smallest absolute Gasteiger partial charge is 0.0952 e. The third-order valence-corrected chi connectivity index (χ3v) is 3.04. The lowest BCUT2D eigenvalue weighted by Gasteiger charge is -2.20. The molecule has 0 aromatic heterocycles. The van der Waals surface area contributed by atoms with Crippen molar-refractivity contribution in [1.29, 1.82) is 0 Å². The summed E-state index contributed by atoms with van der Waals surface area (Å²) < 4.78 is 11.3. The number of benzene rings is 1. The van der Waals surface area contributed by atoms with Crippen molar-refractivity contribution in [2.75, 3.05) is 32.9 Å². The molecule has 1 rings (SSSR count). The van der Waals surface area contributed by atoms with Crippen molar-refractivity contribution in [1.82, 2.24) is 5.32 Å². The molecule has 0 heterocycles. The quantitative estimate of drug-likeness (QED) is 0.659. The Morgan fingerprint density at radius 3 is 2.63 bits per heavy atom. The molecule has 0 saturated heterocycles. The van der Waals surface area contributed by atoms with E-state index in [0.29, 0.717) is 13.2 Å². The first-order valence-corrected chi connectivity index (χ1v) is 7.25. The lowest BCUT2D eigenvalue weighted by molar-refractivity contribution is 0.00670. The van der Waals surface area contributed by atoms with E-state index in [-0.39, 0.29) is 6.10 Å². The standard InChI is InChI=1S/C16H27NO2/c1-4-10-17-13-16(19-12-11-18-5-2)15-9-7-6-8-14(15)3/h6-9,16-17H,4-5,10-13H2,1-3H3. The van der Waals surface area contributed by atoms with Crippen LogP contribution < -0.4 is 5.32 Å². The minimum atomic E-state index is 0.105. The fourth-order valence-corrected chi connectivity index (χ4v) is 2.01. The van der Waals surface area contributed by atoms with Crippen molar-refractivity contribution in [3.8, 4) is 0 Å². The predicted molar refractivity (Wildman–Crippen MR) is 79.5 cm³/mol. The third kappa shape index (κ3) is 6.19. The Balaban J connectivity index is 2.55. The molecule has 19 heavy (non-hydrogen) atoms. The summed E-state index contributed by atoms with van der Waals surface area (Å²) in [6.45, 7) is 10.2. The number of rotatable bonds is 10. The van der Waals surface area contributed by atoms with E-state index < -0.39 is 0 Å². The highest BCUT2D eigenvalue weighted by Crippen LogP contribution is 2.20. The SMILES string of the molecule is CCCNCC(OCCOCC)c1ccccc1C. The summed E-state index contributed by atoms with van der Waals surface area (Å²) in [5.74, 6) is 0. The first kappa shape index (κ1) is 16.2. The van der Waals surface area contributed by atoms with Crippen LogP contribution in [0.15, 0.2) is 24.3 Å². The molecule has 1 N–H and O–H groups in total. The fraction of sp³-hybridized carbons (Fsp3) is 0.625. The Morgan fingerprint density at radius 2 is 1.95 bits per heavy atom. The second-order valence-electron chi connectivity index (χ2n) is 4.62. The summed E-state index contributed by atoms with van der Waals surface area (Å²) >= 11 is 0. The molecule has 0 aliphatic rings. The fourth-order valence-electron chi connectivity index (χ4n) is 2.01. The molecule has 0 aliphatic heterocycles. The van der Waals surface area contributed by atoms with Crippen LogP contribution in [0.25, 0.3) is 0 Å². The Bertz CT molecular complexity index is 341. The van der Waals surface area contributed by atoms with E-state index >= 15 is 0 Å².